The fraction of sp³-hybridized carbons (Fsp3) is 0.455. The Morgan fingerprint density at radius 2 is 2.00 bits per heavy atom. The zero-order chi connectivity index (χ0) is 9.26. The van der Waals surface area contributed by atoms with E-state index in [-0.39, 0.29) is 0 Å². The fourth-order valence-electron chi connectivity index (χ4n) is 1.94. The molecule has 1 saturated heterocycles. The number of likely N-dealkylation sites (N-methyl/N-ethyl adjacent to an activating group) is 1. The third-order valence-corrected chi connectivity index (χ3v) is 3.26. The molecular formula is C11H14BrN. The van der Waals surface area contributed by atoms with Gasteiger partial charge in [0, 0.05) is 11.0 Å². The second-order valence-electron chi connectivity index (χ2n) is 3.80. The third-order valence-electron chi connectivity index (χ3n) is 2.73. The Kier molecular flexibility index (Phi) is 2.70. The SMILES string of the molecule is CN1CC[C@@H](c2ccc(Br)cc2)C1. The molecule has 1 fully saturated rings. The summed E-state index contributed by atoms with van der Waals surface area (Å²) in [5.74, 6) is 0.748. The second kappa shape index (κ2) is 3.81. The van der Waals surface area contributed by atoms with Gasteiger partial charge in [0.05, 0.1) is 0 Å². The topological polar surface area (TPSA) is 3.24 Å². The minimum atomic E-state index is 0.748. The molecule has 1 nitrogen and oxygen atoms in total. The van der Waals surface area contributed by atoms with E-state index in [1.807, 2.05) is 0 Å². The Labute approximate surface area is 87.9 Å². The summed E-state index contributed by atoms with van der Waals surface area (Å²) in [4.78, 5) is 2.40. The van der Waals surface area contributed by atoms with E-state index in [9.17, 15) is 0 Å². The van der Waals surface area contributed by atoms with Crippen LogP contribution in [0.2, 0.25) is 0 Å². The van der Waals surface area contributed by atoms with Gasteiger partial charge < -0.3 is 4.90 Å². The Balaban J connectivity index is 2.13. The van der Waals surface area contributed by atoms with Crippen LogP contribution in [-0.2, 0) is 0 Å². The summed E-state index contributed by atoms with van der Waals surface area (Å²) < 4.78 is 1.17. The van der Waals surface area contributed by atoms with Crippen molar-refractivity contribution in [3.63, 3.8) is 0 Å². The van der Waals surface area contributed by atoms with Gasteiger partial charge in [0.15, 0.2) is 0 Å². The second-order valence-corrected chi connectivity index (χ2v) is 4.72. The van der Waals surface area contributed by atoms with Crippen LogP contribution < -0.4 is 0 Å². The fourth-order valence-corrected chi connectivity index (χ4v) is 2.21. The highest BCUT2D eigenvalue weighted by atomic mass is 79.9. The van der Waals surface area contributed by atoms with E-state index in [2.05, 4.69) is 52.1 Å². The Hall–Kier alpha value is -0.340. The zero-order valence-electron chi connectivity index (χ0n) is 7.83. The molecule has 0 unspecified atom stereocenters. The van der Waals surface area contributed by atoms with Gasteiger partial charge in [-0.2, -0.15) is 0 Å². The molecule has 0 bridgehead atoms. The smallest absolute Gasteiger partial charge is 0.0175 e. The number of halogens is 1. The Morgan fingerprint density at radius 3 is 2.54 bits per heavy atom. The van der Waals surface area contributed by atoms with Gasteiger partial charge in [-0.3, -0.25) is 0 Å². The van der Waals surface area contributed by atoms with E-state index in [4.69, 9.17) is 0 Å². The van der Waals surface area contributed by atoms with Gasteiger partial charge >= 0.3 is 0 Å². The van der Waals surface area contributed by atoms with E-state index in [1.165, 1.54) is 29.5 Å². The lowest BCUT2D eigenvalue weighted by Crippen LogP contribution is -2.13. The largest absolute Gasteiger partial charge is 0.306 e. The number of rotatable bonds is 1. The van der Waals surface area contributed by atoms with Crippen molar-refractivity contribution < 1.29 is 0 Å². The summed E-state index contributed by atoms with van der Waals surface area (Å²) in [5.41, 5.74) is 1.48. The highest BCUT2D eigenvalue weighted by molar-refractivity contribution is 9.10. The molecule has 0 aromatic heterocycles. The first-order chi connectivity index (χ1) is 6.25. The van der Waals surface area contributed by atoms with Crippen molar-refractivity contribution in [2.45, 2.75) is 12.3 Å². The van der Waals surface area contributed by atoms with Gasteiger partial charge in [-0.1, -0.05) is 28.1 Å². The van der Waals surface area contributed by atoms with Crippen molar-refractivity contribution in [2.24, 2.45) is 0 Å². The zero-order valence-corrected chi connectivity index (χ0v) is 9.42. The molecular weight excluding hydrogens is 226 g/mol. The molecule has 0 radical (unpaired) electrons. The van der Waals surface area contributed by atoms with Gasteiger partial charge in [0.2, 0.25) is 0 Å². The van der Waals surface area contributed by atoms with E-state index >= 15 is 0 Å². The Morgan fingerprint density at radius 1 is 1.31 bits per heavy atom. The summed E-state index contributed by atoms with van der Waals surface area (Å²) in [5, 5.41) is 0. The lowest BCUT2D eigenvalue weighted by Gasteiger charge is -2.10. The quantitative estimate of drug-likeness (QED) is 0.729. The summed E-state index contributed by atoms with van der Waals surface area (Å²) in [6.07, 6.45) is 1.30. The molecule has 13 heavy (non-hydrogen) atoms. The molecule has 0 N–H and O–H groups in total. The molecule has 70 valence electrons. The molecule has 0 saturated carbocycles. The lowest BCUT2D eigenvalue weighted by atomic mass is 9.99. The van der Waals surface area contributed by atoms with Crippen molar-refractivity contribution in [3.8, 4) is 0 Å². The average Bonchev–Trinajstić information content (AvgIpc) is 2.53. The Bertz CT molecular complexity index is 281. The lowest BCUT2D eigenvalue weighted by molar-refractivity contribution is 0.411. The number of likely N-dealkylation sites (tertiary alicyclic amines) is 1. The van der Waals surface area contributed by atoms with Gasteiger partial charge in [-0.25, -0.2) is 0 Å². The summed E-state index contributed by atoms with van der Waals surface area (Å²) in [7, 11) is 2.19. The van der Waals surface area contributed by atoms with Crippen LogP contribution >= 0.6 is 15.9 Å². The van der Waals surface area contributed by atoms with Crippen LogP contribution in [0.1, 0.15) is 17.9 Å². The third kappa shape index (κ3) is 2.12. The van der Waals surface area contributed by atoms with Gasteiger partial charge in [0.1, 0.15) is 0 Å². The molecule has 2 rings (SSSR count). The van der Waals surface area contributed by atoms with Crippen LogP contribution in [0.4, 0.5) is 0 Å². The van der Waals surface area contributed by atoms with E-state index in [1.54, 1.807) is 0 Å². The molecule has 1 heterocycles. The van der Waals surface area contributed by atoms with E-state index < -0.39 is 0 Å². The van der Waals surface area contributed by atoms with Crippen LogP contribution in [0, 0.1) is 0 Å². The maximum atomic E-state index is 3.46. The number of hydrogen-bond acceptors (Lipinski definition) is 1. The molecule has 1 aliphatic rings. The molecule has 1 atom stereocenters. The highest BCUT2D eigenvalue weighted by Crippen LogP contribution is 2.26. The first kappa shape index (κ1) is 9.22. The normalized spacial score (nSPS) is 23.7. The monoisotopic (exact) mass is 239 g/mol. The van der Waals surface area contributed by atoms with Crippen LogP contribution in [0.15, 0.2) is 28.7 Å². The number of nitrogens with zero attached hydrogens (tertiary/aromatic N) is 1. The maximum absolute atomic E-state index is 3.46. The van der Waals surface area contributed by atoms with Gasteiger partial charge in [0.25, 0.3) is 0 Å². The molecule has 1 aromatic carbocycles. The standard InChI is InChI=1S/C11H14BrN/c1-13-7-6-10(8-13)9-2-4-11(12)5-3-9/h2-5,10H,6-8H2,1H3/t10-/m1/s1. The maximum Gasteiger partial charge on any atom is 0.0175 e. The summed E-state index contributed by atoms with van der Waals surface area (Å²) >= 11 is 3.46. The van der Waals surface area contributed by atoms with Crippen LogP contribution in [0.3, 0.4) is 0 Å². The summed E-state index contributed by atoms with van der Waals surface area (Å²) in [6, 6.07) is 8.73. The number of benzene rings is 1. The average molecular weight is 240 g/mol. The van der Waals surface area contributed by atoms with Crippen LogP contribution in [0.25, 0.3) is 0 Å². The van der Waals surface area contributed by atoms with Crippen molar-refractivity contribution in [3.05, 3.63) is 34.3 Å². The van der Waals surface area contributed by atoms with Gasteiger partial charge in [-0.15, -0.1) is 0 Å². The van der Waals surface area contributed by atoms with Crippen molar-refractivity contribution in [2.75, 3.05) is 20.1 Å². The molecule has 0 aliphatic carbocycles. The van der Waals surface area contributed by atoms with Crippen LogP contribution in [-0.4, -0.2) is 25.0 Å². The molecule has 1 aliphatic heterocycles. The first-order valence-corrected chi connectivity index (χ1v) is 5.49. The van der Waals surface area contributed by atoms with E-state index in [0.717, 1.165) is 5.92 Å². The van der Waals surface area contributed by atoms with Gasteiger partial charge in [-0.05, 0) is 43.6 Å². The predicted octanol–water partition coefficient (Wildman–Crippen LogP) is 2.87. The van der Waals surface area contributed by atoms with Crippen molar-refractivity contribution >= 4 is 15.9 Å². The molecule has 0 spiro atoms. The summed E-state index contributed by atoms with van der Waals surface area (Å²) in [6.45, 7) is 2.45. The van der Waals surface area contributed by atoms with Crippen LogP contribution in [0.5, 0.6) is 0 Å². The minimum absolute atomic E-state index is 0.748. The highest BCUT2D eigenvalue weighted by Gasteiger charge is 2.20. The van der Waals surface area contributed by atoms with E-state index in [0.29, 0.717) is 0 Å². The molecule has 1 aromatic rings. The minimum Gasteiger partial charge on any atom is -0.306 e. The first-order valence-electron chi connectivity index (χ1n) is 4.70. The predicted molar refractivity (Wildman–Crippen MR) is 59.0 cm³/mol. The number of hydrogen-bond donors (Lipinski definition) is 0. The molecule has 2 heteroatoms. The molecule has 0 amide bonds. The van der Waals surface area contributed by atoms with Crippen molar-refractivity contribution in [1.82, 2.24) is 4.90 Å². The van der Waals surface area contributed by atoms with Crippen molar-refractivity contribution in [1.29, 1.82) is 0 Å².